The second-order valence-electron chi connectivity index (χ2n) is 5.56. The predicted octanol–water partition coefficient (Wildman–Crippen LogP) is 0.690. The molecule has 112 valence electrons. The largest absolute Gasteiger partial charge is 0.395 e. The third-order valence-corrected chi connectivity index (χ3v) is 4.17. The summed E-state index contributed by atoms with van der Waals surface area (Å²) in [7, 11) is 0. The predicted molar refractivity (Wildman–Crippen MR) is 75.9 cm³/mol. The van der Waals surface area contributed by atoms with Gasteiger partial charge in [0.25, 0.3) is 0 Å². The topological polar surface area (TPSA) is 69.6 Å². The van der Waals surface area contributed by atoms with Crippen LogP contribution in [0.5, 0.6) is 0 Å². The zero-order chi connectivity index (χ0) is 14.4. The minimum atomic E-state index is -0.291. The van der Waals surface area contributed by atoms with Crippen molar-refractivity contribution in [1.29, 1.82) is 0 Å². The molecule has 5 nitrogen and oxygen atoms in total. The number of likely N-dealkylation sites (tertiary alicyclic amines) is 1. The van der Waals surface area contributed by atoms with Crippen molar-refractivity contribution in [3.8, 4) is 0 Å². The lowest BCUT2D eigenvalue weighted by atomic mass is 9.81. The van der Waals surface area contributed by atoms with Crippen LogP contribution < -0.4 is 5.32 Å². The number of allylic oxidation sites excluding steroid dienone is 2. The minimum absolute atomic E-state index is 0.0704. The second-order valence-corrected chi connectivity index (χ2v) is 5.56. The van der Waals surface area contributed by atoms with E-state index in [2.05, 4.69) is 5.32 Å². The lowest BCUT2D eigenvalue weighted by Gasteiger charge is -2.34. The Kier molecular flexibility index (Phi) is 5.59. The van der Waals surface area contributed by atoms with Crippen LogP contribution in [-0.2, 0) is 9.59 Å². The Labute approximate surface area is 120 Å². The van der Waals surface area contributed by atoms with E-state index in [0.717, 1.165) is 25.9 Å². The third-order valence-electron chi connectivity index (χ3n) is 4.17. The van der Waals surface area contributed by atoms with Crippen molar-refractivity contribution in [2.24, 2.45) is 11.8 Å². The summed E-state index contributed by atoms with van der Waals surface area (Å²) in [6, 6.07) is 0. The molecule has 1 fully saturated rings. The first-order chi connectivity index (χ1) is 9.74. The van der Waals surface area contributed by atoms with E-state index in [1.54, 1.807) is 0 Å². The fourth-order valence-electron chi connectivity index (χ4n) is 3.04. The van der Waals surface area contributed by atoms with Gasteiger partial charge in [0.05, 0.1) is 18.4 Å². The first kappa shape index (κ1) is 15.0. The maximum atomic E-state index is 12.6. The molecule has 5 heteroatoms. The van der Waals surface area contributed by atoms with Crippen molar-refractivity contribution in [2.75, 3.05) is 26.2 Å². The maximum Gasteiger partial charge on any atom is 0.226 e. The van der Waals surface area contributed by atoms with E-state index in [1.807, 2.05) is 17.1 Å². The number of carbonyl (C=O) groups excluding carboxylic acids is 2. The SMILES string of the molecule is O=C(NCCO)C1CC=CCC1C(=O)N1CCCCC1. The van der Waals surface area contributed by atoms with E-state index in [1.165, 1.54) is 6.42 Å². The first-order valence-electron chi connectivity index (χ1n) is 7.56. The van der Waals surface area contributed by atoms with Crippen LogP contribution in [0.25, 0.3) is 0 Å². The lowest BCUT2D eigenvalue weighted by molar-refractivity contribution is -0.142. The summed E-state index contributed by atoms with van der Waals surface area (Å²) in [5, 5.41) is 11.5. The van der Waals surface area contributed by atoms with Gasteiger partial charge in [0.2, 0.25) is 11.8 Å². The molecule has 2 unspecified atom stereocenters. The number of hydrogen-bond donors (Lipinski definition) is 2. The summed E-state index contributed by atoms with van der Waals surface area (Å²) < 4.78 is 0. The molecule has 0 radical (unpaired) electrons. The number of rotatable bonds is 4. The van der Waals surface area contributed by atoms with E-state index in [4.69, 9.17) is 5.11 Å². The monoisotopic (exact) mass is 280 g/mol. The smallest absolute Gasteiger partial charge is 0.226 e. The number of piperidine rings is 1. The summed E-state index contributed by atoms with van der Waals surface area (Å²) in [6.07, 6.45) is 8.56. The maximum absolute atomic E-state index is 12.6. The van der Waals surface area contributed by atoms with Crippen LogP contribution in [0.15, 0.2) is 12.2 Å². The van der Waals surface area contributed by atoms with Crippen LogP contribution in [-0.4, -0.2) is 48.1 Å². The highest BCUT2D eigenvalue weighted by Gasteiger charge is 2.36. The number of carbonyl (C=O) groups is 2. The van der Waals surface area contributed by atoms with Gasteiger partial charge >= 0.3 is 0 Å². The molecule has 1 aliphatic heterocycles. The molecule has 2 atom stereocenters. The Hall–Kier alpha value is -1.36. The Morgan fingerprint density at radius 2 is 1.75 bits per heavy atom. The fraction of sp³-hybridized carbons (Fsp3) is 0.733. The molecule has 0 aromatic heterocycles. The molecule has 0 aromatic carbocycles. The van der Waals surface area contributed by atoms with E-state index in [-0.39, 0.29) is 36.8 Å². The molecule has 0 bridgehead atoms. The lowest BCUT2D eigenvalue weighted by Crippen LogP contribution is -2.46. The quantitative estimate of drug-likeness (QED) is 0.744. The third kappa shape index (κ3) is 3.60. The van der Waals surface area contributed by atoms with Gasteiger partial charge in [0.15, 0.2) is 0 Å². The summed E-state index contributed by atoms with van der Waals surface area (Å²) in [5.41, 5.74) is 0. The van der Waals surface area contributed by atoms with Crippen LogP contribution in [0.2, 0.25) is 0 Å². The summed E-state index contributed by atoms with van der Waals surface area (Å²) >= 11 is 0. The number of aliphatic hydroxyl groups excluding tert-OH is 1. The van der Waals surface area contributed by atoms with Gasteiger partial charge in [-0.1, -0.05) is 12.2 Å². The van der Waals surface area contributed by atoms with Crippen molar-refractivity contribution in [3.63, 3.8) is 0 Å². The number of hydrogen-bond acceptors (Lipinski definition) is 3. The summed E-state index contributed by atoms with van der Waals surface area (Å²) in [4.78, 5) is 26.6. The average Bonchev–Trinajstić information content (AvgIpc) is 2.52. The van der Waals surface area contributed by atoms with Gasteiger partial charge in [0, 0.05) is 19.6 Å². The Balaban J connectivity index is 2.00. The molecule has 1 saturated heterocycles. The number of nitrogens with zero attached hydrogens (tertiary/aromatic N) is 1. The van der Waals surface area contributed by atoms with E-state index >= 15 is 0 Å². The van der Waals surface area contributed by atoms with Gasteiger partial charge in [-0.25, -0.2) is 0 Å². The Morgan fingerprint density at radius 3 is 2.40 bits per heavy atom. The normalized spacial score (nSPS) is 26.4. The average molecular weight is 280 g/mol. The minimum Gasteiger partial charge on any atom is -0.395 e. The highest BCUT2D eigenvalue weighted by molar-refractivity contribution is 5.88. The van der Waals surface area contributed by atoms with Gasteiger partial charge < -0.3 is 15.3 Å². The van der Waals surface area contributed by atoms with Crippen LogP contribution in [0.3, 0.4) is 0 Å². The Morgan fingerprint density at radius 1 is 1.10 bits per heavy atom. The standard InChI is InChI=1S/C15H24N2O3/c18-11-8-16-14(19)12-6-2-3-7-13(12)15(20)17-9-4-1-5-10-17/h2-3,12-13,18H,1,4-11H2,(H,16,19). The molecule has 2 N–H and O–H groups in total. The van der Waals surface area contributed by atoms with Crippen molar-refractivity contribution in [2.45, 2.75) is 32.1 Å². The molecule has 0 saturated carbocycles. The van der Waals surface area contributed by atoms with E-state index in [0.29, 0.717) is 12.8 Å². The highest BCUT2D eigenvalue weighted by atomic mass is 16.3. The molecule has 2 aliphatic rings. The molecule has 2 rings (SSSR count). The summed E-state index contributed by atoms with van der Waals surface area (Å²) in [5.74, 6) is -0.519. The van der Waals surface area contributed by atoms with Crippen LogP contribution >= 0.6 is 0 Å². The number of aliphatic hydroxyl groups is 1. The van der Waals surface area contributed by atoms with E-state index < -0.39 is 0 Å². The first-order valence-corrected chi connectivity index (χ1v) is 7.56. The fourth-order valence-corrected chi connectivity index (χ4v) is 3.04. The number of amides is 2. The molecular weight excluding hydrogens is 256 g/mol. The van der Waals surface area contributed by atoms with Crippen LogP contribution in [0, 0.1) is 11.8 Å². The van der Waals surface area contributed by atoms with Crippen LogP contribution in [0.4, 0.5) is 0 Å². The molecule has 0 aromatic rings. The molecule has 1 aliphatic carbocycles. The molecular formula is C15H24N2O3. The molecule has 2 amide bonds. The van der Waals surface area contributed by atoms with Crippen molar-refractivity contribution >= 4 is 11.8 Å². The summed E-state index contributed by atoms with van der Waals surface area (Å²) in [6.45, 7) is 1.83. The van der Waals surface area contributed by atoms with Crippen molar-refractivity contribution < 1.29 is 14.7 Å². The van der Waals surface area contributed by atoms with Crippen molar-refractivity contribution in [3.05, 3.63) is 12.2 Å². The number of nitrogens with one attached hydrogen (secondary N) is 1. The molecule has 0 spiro atoms. The van der Waals surface area contributed by atoms with Gasteiger partial charge in [-0.05, 0) is 32.1 Å². The van der Waals surface area contributed by atoms with Gasteiger partial charge in [-0.15, -0.1) is 0 Å². The second kappa shape index (κ2) is 7.43. The molecule has 20 heavy (non-hydrogen) atoms. The highest BCUT2D eigenvalue weighted by Crippen LogP contribution is 2.28. The van der Waals surface area contributed by atoms with Gasteiger partial charge in [-0.3, -0.25) is 9.59 Å². The Bertz CT molecular complexity index is 375. The van der Waals surface area contributed by atoms with Crippen LogP contribution in [0.1, 0.15) is 32.1 Å². The van der Waals surface area contributed by atoms with E-state index in [9.17, 15) is 9.59 Å². The van der Waals surface area contributed by atoms with Crippen molar-refractivity contribution in [1.82, 2.24) is 10.2 Å². The zero-order valence-corrected chi connectivity index (χ0v) is 11.9. The van der Waals surface area contributed by atoms with Gasteiger partial charge in [-0.2, -0.15) is 0 Å². The van der Waals surface area contributed by atoms with Gasteiger partial charge in [0.1, 0.15) is 0 Å². The molecule has 1 heterocycles. The zero-order valence-electron chi connectivity index (χ0n) is 11.9.